The summed E-state index contributed by atoms with van der Waals surface area (Å²) in [6, 6.07) is 17.0. The van der Waals surface area contributed by atoms with E-state index in [2.05, 4.69) is 11.4 Å². The number of nitrogens with zero attached hydrogens (tertiary/aromatic N) is 3. The number of likely N-dealkylation sites (N-methyl/N-ethyl adjacent to an activating group) is 1. The molecule has 6 heteroatoms. The highest BCUT2D eigenvalue weighted by atomic mass is 35.5. The Morgan fingerprint density at radius 1 is 1.11 bits per heavy atom. The molecule has 142 valence electrons. The van der Waals surface area contributed by atoms with Crippen LogP contribution in [0.1, 0.15) is 16.7 Å². The van der Waals surface area contributed by atoms with Crippen molar-refractivity contribution in [3.63, 3.8) is 0 Å². The molecule has 2 amide bonds. The maximum atomic E-state index is 12.7. The molecule has 0 spiro atoms. The van der Waals surface area contributed by atoms with Gasteiger partial charge in [0.15, 0.2) is 0 Å². The number of rotatable bonds is 8. The van der Waals surface area contributed by atoms with Crippen molar-refractivity contribution < 1.29 is 4.79 Å². The van der Waals surface area contributed by atoms with Crippen LogP contribution in [0.2, 0.25) is 5.02 Å². The third-order valence-electron chi connectivity index (χ3n) is 4.14. The molecule has 0 aliphatic heterocycles. The van der Waals surface area contributed by atoms with Crippen LogP contribution in [0.4, 0.5) is 4.79 Å². The van der Waals surface area contributed by atoms with Gasteiger partial charge in [0.2, 0.25) is 0 Å². The monoisotopic (exact) mass is 384 g/mol. The topological polar surface area (TPSA) is 59.4 Å². The Balaban J connectivity index is 1.94. The summed E-state index contributed by atoms with van der Waals surface area (Å²) in [6.07, 6.45) is 0.727. The van der Waals surface area contributed by atoms with E-state index in [1.54, 1.807) is 17.0 Å². The van der Waals surface area contributed by atoms with E-state index in [9.17, 15) is 4.79 Å². The number of halogens is 1. The lowest BCUT2D eigenvalue weighted by atomic mass is 10.1. The summed E-state index contributed by atoms with van der Waals surface area (Å²) >= 11 is 6.00. The van der Waals surface area contributed by atoms with Crippen molar-refractivity contribution >= 4 is 17.6 Å². The number of nitriles is 1. The van der Waals surface area contributed by atoms with Crippen LogP contribution in [0.25, 0.3) is 0 Å². The van der Waals surface area contributed by atoms with E-state index in [0.717, 1.165) is 24.1 Å². The smallest absolute Gasteiger partial charge is 0.317 e. The number of nitrogens with one attached hydrogen (secondary N) is 1. The van der Waals surface area contributed by atoms with Crippen LogP contribution in [0.5, 0.6) is 0 Å². The molecule has 0 saturated carbocycles. The predicted octanol–water partition coefficient (Wildman–Crippen LogP) is 3.53. The minimum Gasteiger partial charge on any atom is -0.338 e. The SMILES string of the molecule is CN(C)CCN(Cc1ccc(C#N)cc1)C(=O)NCCc1cccc(Cl)c1. The van der Waals surface area contributed by atoms with Crippen molar-refractivity contribution in [1.82, 2.24) is 15.1 Å². The number of urea groups is 1. The first-order valence-corrected chi connectivity index (χ1v) is 9.26. The van der Waals surface area contributed by atoms with Crippen molar-refractivity contribution in [2.75, 3.05) is 33.7 Å². The second kappa shape index (κ2) is 10.6. The lowest BCUT2D eigenvalue weighted by molar-refractivity contribution is 0.189. The van der Waals surface area contributed by atoms with Crippen molar-refractivity contribution in [2.24, 2.45) is 0 Å². The van der Waals surface area contributed by atoms with Crippen molar-refractivity contribution in [2.45, 2.75) is 13.0 Å². The molecule has 0 heterocycles. The summed E-state index contributed by atoms with van der Waals surface area (Å²) in [5.74, 6) is 0. The average molecular weight is 385 g/mol. The van der Waals surface area contributed by atoms with Crippen LogP contribution in [0.15, 0.2) is 48.5 Å². The largest absolute Gasteiger partial charge is 0.338 e. The van der Waals surface area contributed by atoms with E-state index in [-0.39, 0.29) is 6.03 Å². The Morgan fingerprint density at radius 2 is 1.85 bits per heavy atom. The molecule has 0 aliphatic rings. The Kier molecular flexibility index (Phi) is 8.12. The van der Waals surface area contributed by atoms with Gasteiger partial charge in [-0.2, -0.15) is 5.26 Å². The summed E-state index contributed by atoms with van der Waals surface area (Å²) in [4.78, 5) is 16.5. The van der Waals surface area contributed by atoms with E-state index in [4.69, 9.17) is 16.9 Å². The van der Waals surface area contributed by atoms with Crippen molar-refractivity contribution in [3.05, 3.63) is 70.2 Å². The Bertz CT molecular complexity index is 784. The van der Waals surface area contributed by atoms with Crippen molar-refractivity contribution in [3.8, 4) is 6.07 Å². The first-order chi connectivity index (χ1) is 13.0. The van der Waals surface area contributed by atoms with Gasteiger partial charge in [-0.3, -0.25) is 0 Å². The van der Waals surface area contributed by atoms with E-state index in [0.29, 0.717) is 30.2 Å². The van der Waals surface area contributed by atoms with E-state index in [1.165, 1.54) is 0 Å². The fraction of sp³-hybridized carbons (Fsp3) is 0.333. The highest BCUT2D eigenvalue weighted by Gasteiger charge is 2.14. The predicted molar refractivity (Wildman–Crippen MR) is 109 cm³/mol. The number of hydrogen-bond donors (Lipinski definition) is 1. The third-order valence-corrected chi connectivity index (χ3v) is 4.37. The van der Waals surface area contributed by atoms with Gasteiger partial charge in [0, 0.05) is 31.2 Å². The zero-order valence-electron chi connectivity index (χ0n) is 15.8. The molecule has 2 rings (SSSR count). The number of carbonyl (C=O) groups is 1. The van der Waals surface area contributed by atoms with E-state index < -0.39 is 0 Å². The third kappa shape index (κ3) is 7.30. The lowest BCUT2D eigenvalue weighted by Gasteiger charge is -2.25. The zero-order valence-corrected chi connectivity index (χ0v) is 16.5. The molecule has 0 fully saturated rings. The molecule has 0 unspecified atom stereocenters. The van der Waals surface area contributed by atoms with Gasteiger partial charge in [-0.15, -0.1) is 0 Å². The van der Waals surface area contributed by atoms with Crippen LogP contribution in [-0.4, -0.2) is 49.6 Å². The highest BCUT2D eigenvalue weighted by molar-refractivity contribution is 6.30. The zero-order chi connectivity index (χ0) is 19.6. The van der Waals surface area contributed by atoms with Gasteiger partial charge in [0.1, 0.15) is 0 Å². The highest BCUT2D eigenvalue weighted by Crippen LogP contribution is 2.11. The number of carbonyl (C=O) groups excluding carboxylic acids is 1. The molecule has 0 aromatic heterocycles. The van der Waals surface area contributed by atoms with Crippen LogP contribution in [-0.2, 0) is 13.0 Å². The maximum absolute atomic E-state index is 12.7. The molecule has 0 saturated heterocycles. The lowest BCUT2D eigenvalue weighted by Crippen LogP contribution is -2.43. The van der Waals surface area contributed by atoms with Crippen LogP contribution >= 0.6 is 11.6 Å². The molecule has 27 heavy (non-hydrogen) atoms. The molecule has 0 bridgehead atoms. The number of hydrogen-bond acceptors (Lipinski definition) is 3. The molecule has 0 radical (unpaired) electrons. The second-order valence-corrected chi connectivity index (χ2v) is 7.08. The van der Waals surface area contributed by atoms with Crippen LogP contribution in [0.3, 0.4) is 0 Å². The van der Waals surface area contributed by atoms with E-state index >= 15 is 0 Å². The van der Waals surface area contributed by atoms with E-state index in [1.807, 2.05) is 55.4 Å². The fourth-order valence-electron chi connectivity index (χ4n) is 2.60. The van der Waals surface area contributed by atoms with Gasteiger partial charge in [0.25, 0.3) is 0 Å². The number of amides is 2. The maximum Gasteiger partial charge on any atom is 0.317 e. The van der Waals surface area contributed by atoms with Gasteiger partial charge < -0.3 is 15.1 Å². The molecular formula is C21H25ClN4O. The fourth-order valence-corrected chi connectivity index (χ4v) is 2.81. The Hall–Kier alpha value is -2.55. The Labute approximate surface area is 166 Å². The number of benzene rings is 2. The van der Waals surface area contributed by atoms with Crippen LogP contribution in [0, 0.1) is 11.3 Å². The first kappa shape index (κ1) is 20.8. The minimum atomic E-state index is -0.0942. The molecule has 0 atom stereocenters. The minimum absolute atomic E-state index is 0.0942. The van der Waals surface area contributed by atoms with Gasteiger partial charge in [-0.05, 0) is 55.9 Å². The Morgan fingerprint density at radius 3 is 2.48 bits per heavy atom. The standard InChI is InChI=1S/C21H25ClN4O/c1-25(2)12-13-26(16-19-8-6-18(15-23)7-9-19)21(27)24-11-10-17-4-3-5-20(22)14-17/h3-9,14H,10-13,16H2,1-2H3,(H,24,27). The summed E-state index contributed by atoms with van der Waals surface area (Å²) in [5.41, 5.74) is 2.71. The van der Waals surface area contributed by atoms with Crippen LogP contribution < -0.4 is 5.32 Å². The summed E-state index contributed by atoms with van der Waals surface area (Å²) in [7, 11) is 3.97. The summed E-state index contributed by atoms with van der Waals surface area (Å²) < 4.78 is 0. The molecule has 0 aliphatic carbocycles. The molecule has 2 aromatic carbocycles. The normalized spacial score (nSPS) is 10.5. The van der Waals surface area contributed by atoms with Crippen molar-refractivity contribution in [1.29, 1.82) is 5.26 Å². The van der Waals surface area contributed by atoms with Gasteiger partial charge in [0.05, 0.1) is 11.6 Å². The summed E-state index contributed by atoms with van der Waals surface area (Å²) in [5, 5.41) is 12.6. The quantitative estimate of drug-likeness (QED) is 0.757. The summed E-state index contributed by atoms with van der Waals surface area (Å²) in [6.45, 7) is 2.45. The molecule has 5 nitrogen and oxygen atoms in total. The average Bonchev–Trinajstić information content (AvgIpc) is 2.65. The molecular weight excluding hydrogens is 360 g/mol. The van der Waals surface area contributed by atoms with Gasteiger partial charge in [-0.1, -0.05) is 35.9 Å². The first-order valence-electron chi connectivity index (χ1n) is 8.89. The molecule has 1 N–H and O–H groups in total. The molecule has 2 aromatic rings. The van der Waals surface area contributed by atoms with Gasteiger partial charge in [-0.25, -0.2) is 4.79 Å². The second-order valence-electron chi connectivity index (χ2n) is 6.65. The van der Waals surface area contributed by atoms with Gasteiger partial charge >= 0.3 is 6.03 Å².